The van der Waals surface area contributed by atoms with Crippen molar-refractivity contribution in [1.82, 2.24) is 20.1 Å². The summed E-state index contributed by atoms with van der Waals surface area (Å²) in [5, 5.41) is 19.9. The van der Waals surface area contributed by atoms with E-state index in [9.17, 15) is 9.90 Å². The summed E-state index contributed by atoms with van der Waals surface area (Å²) in [5.74, 6) is 1.04. The molecule has 0 saturated carbocycles. The third-order valence-electron chi connectivity index (χ3n) is 4.57. The number of carbonyl (C=O) groups is 1. The van der Waals surface area contributed by atoms with Gasteiger partial charge in [0.25, 0.3) is 5.91 Å². The number of rotatable bonds is 3. The monoisotopic (exact) mass is 388 g/mol. The fourth-order valence-corrected chi connectivity index (χ4v) is 3.04. The summed E-state index contributed by atoms with van der Waals surface area (Å²) in [4.78, 5) is 21.6. The minimum absolute atomic E-state index is 0. The first-order valence-electron chi connectivity index (χ1n) is 8.49. The molecule has 1 aromatic carbocycles. The Kier molecular flexibility index (Phi) is 5.48. The molecule has 0 unspecified atom stereocenters. The number of pyridine rings is 1. The maximum absolute atomic E-state index is 12.6. The summed E-state index contributed by atoms with van der Waals surface area (Å²) in [6.45, 7) is 3.73. The molecule has 0 bridgehead atoms. The molecule has 3 N–H and O–H groups in total. The molecule has 27 heavy (non-hydrogen) atoms. The highest BCUT2D eigenvalue weighted by Gasteiger charge is 2.18. The number of benzene rings is 1. The molecule has 9 heteroatoms. The topological polar surface area (TPSA) is 97.4 Å². The molecule has 3 heterocycles. The van der Waals surface area contributed by atoms with E-state index in [1.807, 2.05) is 12.1 Å². The van der Waals surface area contributed by atoms with E-state index in [0.29, 0.717) is 17.0 Å². The Bertz CT molecular complexity index is 952. The minimum atomic E-state index is -0.317. The highest BCUT2D eigenvalue weighted by atomic mass is 35.5. The van der Waals surface area contributed by atoms with Crippen molar-refractivity contribution in [3.8, 4) is 5.75 Å². The van der Waals surface area contributed by atoms with Gasteiger partial charge >= 0.3 is 0 Å². The lowest BCUT2D eigenvalue weighted by Crippen LogP contribution is -2.44. The Balaban J connectivity index is 0.00000210. The molecule has 0 radical (unpaired) electrons. The molecule has 1 amide bonds. The first-order chi connectivity index (χ1) is 12.6. The molecule has 1 saturated heterocycles. The Hall–Kier alpha value is -2.84. The van der Waals surface area contributed by atoms with Crippen LogP contribution in [-0.2, 0) is 0 Å². The lowest BCUT2D eigenvalue weighted by molar-refractivity contribution is 0.102. The second-order valence-corrected chi connectivity index (χ2v) is 6.43. The molecule has 8 nitrogen and oxygen atoms in total. The van der Waals surface area contributed by atoms with Crippen molar-refractivity contribution in [2.45, 2.75) is 0 Å². The summed E-state index contributed by atoms with van der Waals surface area (Å²) in [5.41, 5.74) is 0.996. The number of aromatic hydroxyl groups is 1. The third kappa shape index (κ3) is 3.96. The van der Waals surface area contributed by atoms with Crippen LogP contribution in [0.25, 0.3) is 10.9 Å². The molecule has 1 fully saturated rings. The van der Waals surface area contributed by atoms with Crippen LogP contribution in [-0.4, -0.2) is 64.3 Å². The maximum Gasteiger partial charge on any atom is 0.275 e. The van der Waals surface area contributed by atoms with Crippen LogP contribution in [0, 0.1) is 0 Å². The number of amides is 1. The number of hydrogen-bond donors (Lipinski definition) is 3. The zero-order valence-corrected chi connectivity index (χ0v) is 15.7. The molecule has 0 spiro atoms. The van der Waals surface area contributed by atoms with Gasteiger partial charge in [0.15, 0.2) is 5.82 Å². The number of phenolic OH excluding ortho intramolecular Hbond substituents is 1. The zero-order valence-electron chi connectivity index (χ0n) is 14.8. The largest absolute Gasteiger partial charge is 0.508 e. The molecule has 1 aliphatic heterocycles. The lowest BCUT2D eigenvalue weighted by atomic mass is 10.2. The number of aromatic amines is 1. The van der Waals surface area contributed by atoms with Crippen LogP contribution in [0.1, 0.15) is 10.5 Å². The van der Waals surface area contributed by atoms with Crippen LogP contribution in [0.5, 0.6) is 5.75 Å². The molecule has 142 valence electrons. The predicted octanol–water partition coefficient (Wildman–Crippen LogP) is 2.09. The highest BCUT2D eigenvalue weighted by Crippen LogP contribution is 2.24. The molecule has 1 aliphatic rings. The molecular formula is C18H21ClN6O2. The SMILES string of the molecule is CN1CCN(c2cccc(C(=O)Nc3n[nH]c4cc(O)ccc34)n2)CC1.Cl. The normalized spacial score (nSPS) is 14.8. The van der Waals surface area contributed by atoms with E-state index in [4.69, 9.17) is 0 Å². The van der Waals surface area contributed by atoms with Gasteiger partial charge in [-0.25, -0.2) is 4.98 Å². The summed E-state index contributed by atoms with van der Waals surface area (Å²) >= 11 is 0. The van der Waals surface area contributed by atoms with Gasteiger partial charge in [-0.1, -0.05) is 6.07 Å². The van der Waals surface area contributed by atoms with Gasteiger partial charge in [-0.2, -0.15) is 5.10 Å². The lowest BCUT2D eigenvalue weighted by Gasteiger charge is -2.33. The van der Waals surface area contributed by atoms with Crippen molar-refractivity contribution in [2.24, 2.45) is 0 Å². The van der Waals surface area contributed by atoms with E-state index >= 15 is 0 Å². The Morgan fingerprint density at radius 2 is 1.96 bits per heavy atom. The summed E-state index contributed by atoms with van der Waals surface area (Å²) in [7, 11) is 2.10. The predicted molar refractivity (Wildman–Crippen MR) is 107 cm³/mol. The first kappa shape index (κ1) is 18.9. The molecular weight excluding hydrogens is 368 g/mol. The third-order valence-corrected chi connectivity index (χ3v) is 4.57. The number of likely N-dealkylation sites (N-methyl/N-ethyl adjacent to an activating group) is 1. The fourth-order valence-electron chi connectivity index (χ4n) is 3.04. The van der Waals surface area contributed by atoms with Crippen LogP contribution < -0.4 is 10.2 Å². The summed E-state index contributed by atoms with van der Waals surface area (Å²) in [6.07, 6.45) is 0. The van der Waals surface area contributed by atoms with Crippen LogP contribution in [0.4, 0.5) is 11.6 Å². The average molecular weight is 389 g/mol. The van der Waals surface area contributed by atoms with E-state index in [1.165, 1.54) is 0 Å². The first-order valence-corrected chi connectivity index (χ1v) is 8.49. The molecule has 4 rings (SSSR count). The molecule has 0 atom stereocenters. The van der Waals surface area contributed by atoms with E-state index in [2.05, 4.69) is 37.3 Å². The second-order valence-electron chi connectivity index (χ2n) is 6.43. The summed E-state index contributed by atoms with van der Waals surface area (Å²) in [6, 6.07) is 10.3. The average Bonchev–Trinajstić information content (AvgIpc) is 3.04. The van der Waals surface area contributed by atoms with Crippen LogP contribution >= 0.6 is 12.4 Å². The van der Waals surface area contributed by atoms with Gasteiger partial charge in [0.05, 0.1) is 5.52 Å². The Labute approximate surface area is 162 Å². The van der Waals surface area contributed by atoms with Gasteiger partial charge in [-0.05, 0) is 31.3 Å². The zero-order chi connectivity index (χ0) is 18.1. The van der Waals surface area contributed by atoms with Crippen molar-refractivity contribution < 1.29 is 9.90 Å². The highest BCUT2D eigenvalue weighted by molar-refractivity contribution is 6.07. The Morgan fingerprint density at radius 1 is 1.19 bits per heavy atom. The van der Waals surface area contributed by atoms with Crippen LogP contribution in [0.2, 0.25) is 0 Å². The second kappa shape index (κ2) is 7.81. The van der Waals surface area contributed by atoms with Crippen molar-refractivity contribution in [3.63, 3.8) is 0 Å². The van der Waals surface area contributed by atoms with Crippen molar-refractivity contribution in [3.05, 3.63) is 42.1 Å². The van der Waals surface area contributed by atoms with Crippen LogP contribution in [0.3, 0.4) is 0 Å². The van der Waals surface area contributed by atoms with Gasteiger partial charge in [0.1, 0.15) is 17.3 Å². The standard InChI is InChI=1S/C18H20N6O2.ClH/c1-23-7-9-24(10-8-23)16-4-2-3-14(19-16)18(26)20-17-13-6-5-12(25)11-15(13)21-22-17;/h2-6,11,25H,7-10H2,1H3,(H2,20,21,22,26);1H. The van der Waals surface area contributed by atoms with Gasteiger partial charge < -0.3 is 20.2 Å². The number of H-pyrrole nitrogens is 1. The van der Waals surface area contributed by atoms with E-state index < -0.39 is 0 Å². The number of anilines is 2. The number of halogens is 1. The number of nitrogens with zero attached hydrogens (tertiary/aromatic N) is 4. The number of nitrogens with one attached hydrogen (secondary N) is 2. The van der Waals surface area contributed by atoms with Crippen molar-refractivity contribution in [2.75, 3.05) is 43.4 Å². The Morgan fingerprint density at radius 3 is 2.74 bits per heavy atom. The van der Waals surface area contributed by atoms with Gasteiger partial charge in [-0.15, -0.1) is 12.4 Å². The quantitative estimate of drug-likeness (QED) is 0.635. The molecule has 2 aromatic heterocycles. The number of hydrogen-bond acceptors (Lipinski definition) is 6. The van der Waals surface area contributed by atoms with Crippen molar-refractivity contribution in [1.29, 1.82) is 0 Å². The minimum Gasteiger partial charge on any atom is -0.508 e. The van der Waals surface area contributed by atoms with Gasteiger partial charge in [-0.3, -0.25) is 9.89 Å². The fraction of sp³-hybridized carbons (Fsp3) is 0.278. The van der Waals surface area contributed by atoms with E-state index in [0.717, 1.165) is 37.4 Å². The van der Waals surface area contributed by atoms with Gasteiger partial charge in [0.2, 0.25) is 0 Å². The summed E-state index contributed by atoms with van der Waals surface area (Å²) < 4.78 is 0. The molecule has 0 aliphatic carbocycles. The number of phenols is 1. The number of piperazine rings is 1. The number of aromatic nitrogens is 3. The van der Waals surface area contributed by atoms with Gasteiger partial charge in [0, 0.05) is 37.6 Å². The number of fused-ring (bicyclic) bond motifs is 1. The maximum atomic E-state index is 12.6. The van der Waals surface area contributed by atoms with E-state index in [1.54, 1.807) is 24.3 Å². The van der Waals surface area contributed by atoms with E-state index in [-0.39, 0.29) is 24.1 Å². The number of carbonyl (C=O) groups excluding carboxylic acids is 1. The van der Waals surface area contributed by atoms with Crippen molar-refractivity contribution >= 4 is 40.9 Å². The van der Waals surface area contributed by atoms with Crippen LogP contribution in [0.15, 0.2) is 36.4 Å². The molecule has 3 aromatic rings. The smallest absolute Gasteiger partial charge is 0.275 e.